The number of amides is 3. The second-order valence-electron chi connectivity index (χ2n) is 8.94. The van der Waals surface area contributed by atoms with Gasteiger partial charge < -0.3 is 16.0 Å². The molecule has 176 valence electrons. The molecule has 0 saturated heterocycles. The molecular formula is C27H29N3O3S. The number of hydrogen-bond acceptors (Lipinski definition) is 4. The van der Waals surface area contributed by atoms with Gasteiger partial charge in [0, 0.05) is 27.4 Å². The largest absolute Gasteiger partial charge is 0.326 e. The fraction of sp³-hybridized carbons (Fsp3) is 0.222. The summed E-state index contributed by atoms with van der Waals surface area (Å²) in [6, 6.07) is 21.8. The van der Waals surface area contributed by atoms with E-state index in [4.69, 9.17) is 0 Å². The molecule has 0 atom stereocenters. The van der Waals surface area contributed by atoms with Crippen molar-refractivity contribution in [2.24, 2.45) is 5.41 Å². The van der Waals surface area contributed by atoms with Crippen molar-refractivity contribution in [2.45, 2.75) is 32.6 Å². The van der Waals surface area contributed by atoms with Crippen LogP contribution in [-0.4, -0.2) is 23.5 Å². The van der Waals surface area contributed by atoms with Gasteiger partial charge in [-0.2, -0.15) is 0 Å². The monoisotopic (exact) mass is 475 g/mol. The van der Waals surface area contributed by atoms with Gasteiger partial charge in [0.05, 0.1) is 11.3 Å². The first kappa shape index (κ1) is 25.1. The van der Waals surface area contributed by atoms with Crippen molar-refractivity contribution < 1.29 is 14.4 Å². The first-order valence-corrected chi connectivity index (χ1v) is 11.9. The fourth-order valence-corrected chi connectivity index (χ4v) is 3.80. The summed E-state index contributed by atoms with van der Waals surface area (Å²) in [7, 11) is 0. The summed E-state index contributed by atoms with van der Waals surface area (Å²) >= 11 is 1.30. The van der Waals surface area contributed by atoms with Gasteiger partial charge >= 0.3 is 0 Å². The van der Waals surface area contributed by atoms with E-state index in [1.807, 2.05) is 64.1 Å². The van der Waals surface area contributed by atoms with E-state index in [2.05, 4.69) is 16.0 Å². The predicted molar refractivity (Wildman–Crippen MR) is 139 cm³/mol. The molecule has 0 aliphatic carbocycles. The molecule has 3 rings (SSSR count). The summed E-state index contributed by atoms with van der Waals surface area (Å²) in [5.41, 5.74) is 2.97. The molecule has 3 N–H and O–H groups in total. The van der Waals surface area contributed by atoms with Crippen LogP contribution in [0.4, 0.5) is 17.1 Å². The lowest BCUT2D eigenvalue weighted by molar-refractivity contribution is -0.123. The Hall–Kier alpha value is -3.58. The van der Waals surface area contributed by atoms with Crippen molar-refractivity contribution in [2.75, 3.05) is 21.7 Å². The van der Waals surface area contributed by atoms with Gasteiger partial charge in [-0.1, -0.05) is 56.7 Å². The summed E-state index contributed by atoms with van der Waals surface area (Å²) in [4.78, 5) is 38.3. The van der Waals surface area contributed by atoms with E-state index in [0.717, 1.165) is 11.3 Å². The van der Waals surface area contributed by atoms with Crippen molar-refractivity contribution in [3.8, 4) is 0 Å². The molecular weight excluding hydrogens is 446 g/mol. The molecule has 0 fully saturated rings. The van der Waals surface area contributed by atoms with Crippen molar-refractivity contribution >= 4 is 46.5 Å². The zero-order valence-electron chi connectivity index (χ0n) is 19.8. The van der Waals surface area contributed by atoms with Gasteiger partial charge in [0.2, 0.25) is 11.8 Å². The van der Waals surface area contributed by atoms with Crippen LogP contribution in [0.3, 0.4) is 0 Å². The van der Waals surface area contributed by atoms with E-state index < -0.39 is 5.41 Å². The van der Waals surface area contributed by atoms with Gasteiger partial charge in [-0.05, 0) is 49.4 Å². The smallest absolute Gasteiger partial charge is 0.256 e. The fourth-order valence-electron chi connectivity index (χ4n) is 2.95. The van der Waals surface area contributed by atoms with Crippen LogP contribution in [0.2, 0.25) is 0 Å². The highest BCUT2D eigenvalue weighted by molar-refractivity contribution is 8.00. The Balaban J connectivity index is 1.64. The summed E-state index contributed by atoms with van der Waals surface area (Å²) in [6.07, 6.45) is 0. The maximum Gasteiger partial charge on any atom is 0.256 e. The van der Waals surface area contributed by atoms with E-state index in [0.29, 0.717) is 21.8 Å². The van der Waals surface area contributed by atoms with Gasteiger partial charge in [-0.3, -0.25) is 14.4 Å². The first-order chi connectivity index (χ1) is 16.1. The zero-order chi connectivity index (χ0) is 24.7. The average molecular weight is 476 g/mol. The number of thioether (sulfide) groups is 1. The molecule has 0 bridgehead atoms. The Morgan fingerprint density at radius 3 is 2.09 bits per heavy atom. The molecule has 0 heterocycles. The molecule has 0 aliphatic heterocycles. The van der Waals surface area contributed by atoms with Crippen molar-refractivity contribution in [1.82, 2.24) is 0 Å². The lowest BCUT2D eigenvalue weighted by Crippen LogP contribution is -2.27. The third-order valence-electron chi connectivity index (χ3n) is 4.89. The van der Waals surface area contributed by atoms with Gasteiger partial charge in [0.15, 0.2) is 0 Å². The number of rotatable bonds is 7. The Morgan fingerprint density at radius 2 is 1.41 bits per heavy atom. The summed E-state index contributed by atoms with van der Waals surface area (Å²) < 4.78 is 0. The van der Waals surface area contributed by atoms with Crippen LogP contribution in [-0.2, 0) is 9.59 Å². The molecule has 7 heteroatoms. The van der Waals surface area contributed by atoms with Crippen molar-refractivity contribution in [3.05, 3.63) is 83.9 Å². The Morgan fingerprint density at radius 1 is 0.765 bits per heavy atom. The average Bonchev–Trinajstić information content (AvgIpc) is 2.79. The third-order valence-corrected chi connectivity index (χ3v) is 5.96. The molecule has 3 amide bonds. The van der Waals surface area contributed by atoms with Crippen LogP contribution < -0.4 is 16.0 Å². The van der Waals surface area contributed by atoms with E-state index in [1.165, 1.54) is 11.8 Å². The molecule has 0 saturated carbocycles. The maximum atomic E-state index is 13.0. The number of carbonyl (C=O) groups excluding carboxylic acids is 3. The Bertz CT molecular complexity index is 1180. The SMILES string of the molecule is Cc1ccc(NC(=O)CSc2ccccc2C(=O)Nc2cccc(NC(=O)C(C)(C)C)c2)cc1. The van der Waals surface area contributed by atoms with Crippen LogP contribution in [0, 0.1) is 12.3 Å². The van der Waals surface area contributed by atoms with E-state index >= 15 is 0 Å². The summed E-state index contributed by atoms with van der Waals surface area (Å²) in [6.45, 7) is 7.50. The minimum atomic E-state index is -0.527. The number of hydrogen-bond donors (Lipinski definition) is 3. The van der Waals surface area contributed by atoms with Crippen molar-refractivity contribution in [1.29, 1.82) is 0 Å². The number of nitrogens with one attached hydrogen (secondary N) is 3. The Labute approximate surface area is 204 Å². The molecule has 0 unspecified atom stereocenters. The highest BCUT2D eigenvalue weighted by Gasteiger charge is 2.21. The summed E-state index contributed by atoms with van der Waals surface area (Å²) in [5.74, 6) is -0.374. The number of benzene rings is 3. The Kier molecular flexibility index (Phi) is 8.12. The summed E-state index contributed by atoms with van der Waals surface area (Å²) in [5, 5.41) is 8.61. The van der Waals surface area contributed by atoms with Gasteiger partial charge in [-0.15, -0.1) is 11.8 Å². The number of carbonyl (C=O) groups is 3. The first-order valence-electron chi connectivity index (χ1n) is 10.9. The lowest BCUT2D eigenvalue weighted by Gasteiger charge is -2.18. The minimum Gasteiger partial charge on any atom is -0.326 e. The lowest BCUT2D eigenvalue weighted by atomic mass is 9.95. The van der Waals surface area contributed by atoms with E-state index in [-0.39, 0.29) is 23.5 Å². The van der Waals surface area contributed by atoms with Gasteiger partial charge in [-0.25, -0.2) is 0 Å². The van der Waals surface area contributed by atoms with Gasteiger partial charge in [0.25, 0.3) is 5.91 Å². The number of aryl methyl sites for hydroxylation is 1. The molecule has 0 spiro atoms. The van der Waals surface area contributed by atoms with Crippen LogP contribution in [0.25, 0.3) is 0 Å². The maximum absolute atomic E-state index is 13.0. The molecule has 0 aliphatic rings. The molecule has 0 aromatic heterocycles. The zero-order valence-corrected chi connectivity index (χ0v) is 20.6. The normalized spacial score (nSPS) is 10.9. The molecule has 3 aromatic rings. The molecule has 0 radical (unpaired) electrons. The molecule has 34 heavy (non-hydrogen) atoms. The topological polar surface area (TPSA) is 87.3 Å². The van der Waals surface area contributed by atoms with Gasteiger partial charge in [0.1, 0.15) is 0 Å². The predicted octanol–water partition coefficient (Wildman–Crippen LogP) is 5.96. The number of anilines is 3. The standard InChI is InChI=1S/C27H29N3O3S/c1-18-12-14-19(15-13-18)28-24(31)17-34-23-11-6-5-10-22(23)25(32)29-20-8-7-9-21(16-20)30-26(33)27(2,3)4/h5-16H,17H2,1-4H3,(H,28,31)(H,29,32)(H,30,33). The van der Waals surface area contributed by atoms with Crippen LogP contribution in [0.5, 0.6) is 0 Å². The third kappa shape index (κ3) is 7.22. The second kappa shape index (κ2) is 11.0. The van der Waals surface area contributed by atoms with Crippen LogP contribution in [0.15, 0.2) is 77.7 Å². The van der Waals surface area contributed by atoms with Crippen LogP contribution >= 0.6 is 11.8 Å². The molecule has 6 nitrogen and oxygen atoms in total. The molecule has 3 aromatic carbocycles. The second-order valence-corrected chi connectivity index (χ2v) is 9.96. The highest BCUT2D eigenvalue weighted by Crippen LogP contribution is 2.25. The quantitative estimate of drug-likeness (QED) is 0.368. The highest BCUT2D eigenvalue weighted by atomic mass is 32.2. The van der Waals surface area contributed by atoms with E-state index in [1.54, 1.807) is 36.4 Å². The van der Waals surface area contributed by atoms with Crippen molar-refractivity contribution in [3.63, 3.8) is 0 Å². The van der Waals surface area contributed by atoms with E-state index in [9.17, 15) is 14.4 Å². The van der Waals surface area contributed by atoms with Crippen LogP contribution in [0.1, 0.15) is 36.7 Å². The minimum absolute atomic E-state index is 0.110.